The molecule has 0 atom stereocenters. The summed E-state index contributed by atoms with van der Waals surface area (Å²) in [5, 5.41) is 9.06. The van der Waals surface area contributed by atoms with Crippen molar-refractivity contribution < 1.29 is 29.0 Å². The molecule has 0 aliphatic carbocycles. The Kier molecular flexibility index (Phi) is 4.81. The van der Waals surface area contributed by atoms with Crippen LogP contribution in [0.15, 0.2) is 54.1 Å². The second-order valence-corrected chi connectivity index (χ2v) is 6.59. The molecule has 138 valence electrons. The largest absolute Gasteiger partial charge is 0.481 e. The van der Waals surface area contributed by atoms with E-state index >= 15 is 0 Å². The van der Waals surface area contributed by atoms with Gasteiger partial charge in [0.25, 0.3) is 5.79 Å². The Morgan fingerprint density at radius 2 is 1.59 bits per heavy atom. The molecule has 1 fully saturated rings. The number of carboxylic acids is 1. The van der Waals surface area contributed by atoms with Crippen molar-refractivity contribution in [1.29, 1.82) is 0 Å². The minimum atomic E-state index is -1.27. The van der Waals surface area contributed by atoms with Crippen molar-refractivity contribution in [2.75, 3.05) is 0 Å². The minimum Gasteiger partial charge on any atom is -0.481 e. The molecule has 0 unspecified atom stereocenters. The summed E-state index contributed by atoms with van der Waals surface area (Å²) in [5.41, 5.74) is 2.81. The van der Waals surface area contributed by atoms with Gasteiger partial charge in [-0.25, -0.2) is 9.59 Å². The molecule has 0 radical (unpaired) electrons. The van der Waals surface area contributed by atoms with Gasteiger partial charge in [-0.1, -0.05) is 48.5 Å². The maximum atomic E-state index is 12.0. The van der Waals surface area contributed by atoms with Gasteiger partial charge in [-0.15, -0.1) is 0 Å². The molecule has 2 aromatic rings. The molecule has 1 N–H and O–H groups in total. The lowest BCUT2D eigenvalue weighted by atomic mass is 9.96. The molecule has 1 heterocycles. The number of hydrogen-bond donors (Lipinski definition) is 1. The van der Waals surface area contributed by atoms with Crippen LogP contribution in [0.3, 0.4) is 0 Å². The van der Waals surface area contributed by atoms with Crippen molar-refractivity contribution in [1.82, 2.24) is 0 Å². The van der Waals surface area contributed by atoms with Crippen molar-refractivity contribution in [2.24, 2.45) is 0 Å². The van der Waals surface area contributed by atoms with Gasteiger partial charge in [0, 0.05) is 13.8 Å². The molecular weight excluding hydrogens is 348 g/mol. The summed E-state index contributed by atoms with van der Waals surface area (Å²) in [7, 11) is 0. The van der Waals surface area contributed by atoms with Crippen LogP contribution in [0.1, 0.15) is 25.0 Å². The molecule has 0 bridgehead atoms. The van der Waals surface area contributed by atoms with Gasteiger partial charge in [-0.05, 0) is 28.3 Å². The number of ether oxygens (including phenoxy) is 2. The number of carboxylic acid groups (broad SMARTS) is 1. The van der Waals surface area contributed by atoms with Crippen LogP contribution in [0.2, 0.25) is 0 Å². The summed E-state index contributed by atoms with van der Waals surface area (Å²) in [5.74, 6) is -3.64. The van der Waals surface area contributed by atoms with E-state index in [2.05, 4.69) is 0 Å². The average molecular weight is 366 g/mol. The van der Waals surface area contributed by atoms with Gasteiger partial charge in [0.05, 0.1) is 6.42 Å². The molecule has 0 amide bonds. The van der Waals surface area contributed by atoms with E-state index in [9.17, 15) is 14.4 Å². The highest BCUT2D eigenvalue weighted by Crippen LogP contribution is 2.27. The fourth-order valence-electron chi connectivity index (χ4n) is 2.82. The number of cyclic esters (lactones) is 2. The zero-order chi connectivity index (χ0) is 19.6. The van der Waals surface area contributed by atoms with E-state index < -0.39 is 23.7 Å². The zero-order valence-corrected chi connectivity index (χ0v) is 14.9. The molecule has 2 aromatic carbocycles. The molecule has 6 heteroatoms. The van der Waals surface area contributed by atoms with Gasteiger partial charge in [0.1, 0.15) is 5.57 Å². The number of rotatable bonds is 4. The van der Waals surface area contributed by atoms with Crippen molar-refractivity contribution in [3.63, 3.8) is 0 Å². The predicted octanol–water partition coefficient (Wildman–Crippen LogP) is 3.20. The number of aliphatic carboxylic acids is 1. The van der Waals surface area contributed by atoms with Gasteiger partial charge in [0.15, 0.2) is 0 Å². The third kappa shape index (κ3) is 4.23. The molecule has 6 nitrogen and oxygen atoms in total. The lowest BCUT2D eigenvalue weighted by Crippen LogP contribution is -2.41. The van der Waals surface area contributed by atoms with Gasteiger partial charge in [-0.2, -0.15) is 0 Å². The Morgan fingerprint density at radius 1 is 1.00 bits per heavy atom. The fraction of sp³-hybridized carbons (Fsp3) is 0.190. The summed E-state index contributed by atoms with van der Waals surface area (Å²) >= 11 is 0. The quantitative estimate of drug-likeness (QED) is 0.508. The van der Waals surface area contributed by atoms with Crippen LogP contribution in [-0.4, -0.2) is 28.8 Å². The van der Waals surface area contributed by atoms with Crippen molar-refractivity contribution in [3.8, 4) is 11.1 Å². The Morgan fingerprint density at radius 3 is 2.19 bits per heavy atom. The van der Waals surface area contributed by atoms with Crippen molar-refractivity contribution in [2.45, 2.75) is 26.1 Å². The first-order valence-electron chi connectivity index (χ1n) is 8.34. The maximum Gasteiger partial charge on any atom is 0.348 e. The third-order valence-corrected chi connectivity index (χ3v) is 4.01. The number of benzene rings is 2. The maximum absolute atomic E-state index is 12.0. The smallest absolute Gasteiger partial charge is 0.348 e. The van der Waals surface area contributed by atoms with Crippen LogP contribution < -0.4 is 0 Å². The molecule has 0 saturated carbocycles. The Hall–Kier alpha value is -3.41. The lowest BCUT2D eigenvalue weighted by Gasteiger charge is -2.29. The number of esters is 2. The van der Waals surface area contributed by atoms with Crippen LogP contribution in [0, 0.1) is 0 Å². The summed E-state index contributed by atoms with van der Waals surface area (Å²) in [6, 6.07) is 14.3. The van der Waals surface area contributed by atoms with E-state index in [0.29, 0.717) is 11.1 Å². The summed E-state index contributed by atoms with van der Waals surface area (Å²) in [6.45, 7) is 2.98. The first-order chi connectivity index (χ1) is 12.7. The molecule has 1 aliphatic heterocycles. The van der Waals surface area contributed by atoms with E-state index in [1.165, 1.54) is 19.9 Å². The van der Waals surface area contributed by atoms with Gasteiger partial charge in [-0.3, -0.25) is 4.79 Å². The lowest BCUT2D eigenvalue weighted by molar-refractivity contribution is -0.222. The van der Waals surface area contributed by atoms with Gasteiger partial charge < -0.3 is 14.6 Å². The number of carbonyl (C=O) groups is 3. The van der Waals surface area contributed by atoms with Gasteiger partial charge >= 0.3 is 17.9 Å². The minimum absolute atomic E-state index is 0.0740. The predicted molar refractivity (Wildman–Crippen MR) is 97.5 cm³/mol. The van der Waals surface area contributed by atoms with E-state index in [4.69, 9.17) is 14.6 Å². The Balaban J connectivity index is 1.88. The van der Waals surface area contributed by atoms with E-state index in [0.717, 1.165) is 11.1 Å². The van der Waals surface area contributed by atoms with Crippen molar-refractivity contribution >= 4 is 24.0 Å². The highest BCUT2D eigenvalue weighted by atomic mass is 16.7. The summed E-state index contributed by atoms with van der Waals surface area (Å²) in [6.07, 6.45) is 1.34. The topological polar surface area (TPSA) is 89.9 Å². The molecule has 27 heavy (non-hydrogen) atoms. The molecule has 1 saturated heterocycles. The van der Waals surface area contributed by atoms with Crippen LogP contribution in [-0.2, 0) is 30.3 Å². The molecule has 0 aromatic heterocycles. The second-order valence-electron chi connectivity index (χ2n) is 6.59. The molecule has 1 aliphatic rings. The normalized spacial score (nSPS) is 15.7. The van der Waals surface area contributed by atoms with E-state index in [-0.39, 0.29) is 12.0 Å². The molecule has 3 rings (SSSR count). The summed E-state index contributed by atoms with van der Waals surface area (Å²) in [4.78, 5) is 35.1. The van der Waals surface area contributed by atoms with E-state index in [1.54, 1.807) is 36.4 Å². The first kappa shape index (κ1) is 18.4. The number of hydrogen-bond acceptors (Lipinski definition) is 5. The first-order valence-corrected chi connectivity index (χ1v) is 8.34. The standard InChI is InChI=1S/C21H18O6/c1-21(2)26-19(24)17(20(25)27-21)11-13-7-9-14(10-8-13)16-6-4-3-5-15(16)12-18(22)23/h3-11H,12H2,1-2H3,(H,22,23). The molecular formula is C21H18O6. The Labute approximate surface area is 156 Å². The summed E-state index contributed by atoms with van der Waals surface area (Å²) < 4.78 is 10.1. The average Bonchev–Trinajstić information content (AvgIpc) is 2.58. The van der Waals surface area contributed by atoms with E-state index in [1.807, 2.05) is 12.1 Å². The SMILES string of the molecule is CC1(C)OC(=O)C(=Cc2ccc(-c3ccccc3CC(=O)O)cc2)C(=O)O1. The van der Waals surface area contributed by atoms with Gasteiger partial charge in [0.2, 0.25) is 0 Å². The highest BCUT2D eigenvalue weighted by Gasteiger charge is 2.38. The Bertz CT molecular complexity index is 915. The highest BCUT2D eigenvalue weighted by molar-refractivity contribution is 6.18. The molecule has 0 spiro atoms. The zero-order valence-electron chi connectivity index (χ0n) is 14.9. The van der Waals surface area contributed by atoms with Crippen LogP contribution in [0.5, 0.6) is 0 Å². The third-order valence-electron chi connectivity index (χ3n) is 4.01. The van der Waals surface area contributed by atoms with Crippen LogP contribution >= 0.6 is 0 Å². The number of carbonyl (C=O) groups excluding carboxylic acids is 2. The van der Waals surface area contributed by atoms with Crippen molar-refractivity contribution in [3.05, 3.63) is 65.2 Å². The van der Waals surface area contributed by atoms with Crippen LogP contribution in [0.25, 0.3) is 17.2 Å². The fourth-order valence-corrected chi connectivity index (χ4v) is 2.82. The van der Waals surface area contributed by atoms with Crippen LogP contribution in [0.4, 0.5) is 0 Å². The second kappa shape index (κ2) is 7.07. The monoisotopic (exact) mass is 366 g/mol.